The van der Waals surface area contributed by atoms with E-state index in [4.69, 9.17) is 4.42 Å². The number of aryl methyl sites for hydroxylation is 1. The molecule has 0 aliphatic carbocycles. The molecule has 39 heavy (non-hydrogen) atoms. The van der Waals surface area contributed by atoms with Gasteiger partial charge in [0.25, 0.3) is 0 Å². The van der Waals surface area contributed by atoms with E-state index < -0.39 is 9.84 Å². The third kappa shape index (κ3) is 5.15. The fourth-order valence-corrected chi connectivity index (χ4v) is 7.05. The zero-order valence-electron chi connectivity index (χ0n) is 21.6. The number of benzene rings is 3. The van der Waals surface area contributed by atoms with Crippen molar-refractivity contribution in [3.8, 4) is 10.8 Å². The Kier molecular flexibility index (Phi) is 7.08. The molecule has 0 spiro atoms. The Hall–Kier alpha value is -3.72. The van der Waals surface area contributed by atoms with E-state index in [1.165, 1.54) is 22.5 Å². The normalized spacial score (nSPS) is 14.7. The summed E-state index contributed by atoms with van der Waals surface area (Å²) >= 11 is 1.47. The van der Waals surface area contributed by atoms with Gasteiger partial charge in [0.15, 0.2) is 0 Å². The molecule has 0 radical (unpaired) electrons. The van der Waals surface area contributed by atoms with Crippen molar-refractivity contribution in [2.24, 2.45) is 0 Å². The zero-order chi connectivity index (χ0) is 26.8. The molecule has 0 saturated carbocycles. The molecule has 0 atom stereocenters. The van der Waals surface area contributed by atoms with Crippen molar-refractivity contribution in [1.82, 2.24) is 9.88 Å². The van der Waals surface area contributed by atoms with Crippen molar-refractivity contribution in [1.29, 1.82) is 0 Å². The quantitative estimate of drug-likeness (QED) is 0.230. The molecule has 6 nitrogen and oxygen atoms in total. The summed E-state index contributed by atoms with van der Waals surface area (Å²) in [5.74, 6) is 0.647. The highest BCUT2D eigenvalue weighted by Crippen LogP contribution is 2.37. The van der Waals surface area contributed by atoms with Gasteiger partial charge in [-0.2, -0.15) is 4.98 Å². The van der Waals surface area contributed by atoms with E-state index in [1.54, 1.807) is 24.3 Å². The van der Waals surface area contributed by atoms with Gasteiger partial charge in [-0.25, -0.2) is 8.42 Å². The van der Waals surface area contributed by atoms with Crippen molar-refractivity contribution in [2.45, 2.75) is 22.9 Å². The number of anilines is 1. The van der Waals surface area contributed by atoms with Gasteiger partial charge in [0, 0.05) is 26.2 Å². The maximum Gasteiger partial charge on any atom is 0.240 e. The first-order valence-electron chi connectivity index (χ1n) is 13.0. The molecular formula is C31H29N3O3S2. The van der Waals surface area contributed by atoms with Crippen LogP contribution in [0.15, 0.2) is 117 Å². The van der Waals surface area contributed by atoms with E-state index in [2.05, 4.69) is 58.4 Å². The number of rotatable bonds is 7. The van der Waals surface area contributed by atoms with Crippen molar-refractivity contribution in [3.05, 3.63) is 119 Å². The summed E-state index contributed by atoms with van der Waals surface area (Å²) in [6.07, 6.45) is 0. The molecule has 1 saturated heterocycles. The number of hydrogen-bond donors (Lipinski definition) is 0. The second-order valence-corrected chi connectivity index (χ2v) is 12.5. The summed E-state index contributed by atoms with van der Waals surface area (Å²) in [7, 11) is -3.88. The van der Waals surface area contributed by atoms with Crippen LogP contribution >= 0.6 is 11.3 Å². The molecule has 0 N–H and O–H groups in total. The molecule has 1 aliphatic rings. The molecule has 1 aliphatic heterocycles. The number of thiophene rings is 1. The van der Waals surface area contributed by atoms with Gasteiger partial charge in [0.2, 0.25) is 26.6 Å². The molecule has 0 unspecified atom stereocenters. The fraction of sp³-hybridized carbons (Fsp3) is 0.194. The number of oxazole rings is 1. The van der Waals surface area contributed by atoms with Crippen LogP contribution < -0.4 is 4.90 Å². The van der Waals surface area contributed by atoms with E-state index in [0.717, 1.165) is 23.5 Å². The molecule has 2 aromatic heterocycles. The third-order valence-electron chi connectivity index (χ3n) is 7.09. The van der Waals surface area contributed by atoms with Crippen LogP contribution in [-0.2, 0) is 9.84 Å². The standard InChI is InChI=1S/C31H29N3O3S2/c1-23-14-16-26(17-15-23)39(35,36)30-31(37-29(32-30)27-13-8-22-38-27)34-20-18-33(19-21-34)28(24-9-4-2-5-10-24)25-11-6-3-7-12-25/h2-17,22,28H,18-21H2,1H3. The zero-order valence-corrected chi connectivity index (χ0v) is 23.2. The summed E-state index contributed by atoms with van der Waals surface area (Å²) in [5.41, 5.74) is 3.47. The Labute approximate surface area is 233 Å². The van der Waals surface area contributed by atoms with Crippen LogP contribution in [-0.4, -0.2) is 44.5 Å². The van der Waals surface area contributed by atoms with E-state index in [9.17, 15) is 8.42 Å². The number of piperazine rings is 1. The van der Waals surface area contributed by atoms with Crippen LogP contribution in [0.5, 0.6) is 0 Å². The average molecular weight is 556 g/mol. The maximum atomic E-state index is 13.8. The van der Waals surface area contributed by atoms with Gasteiger partial charge in [-0.05, 0) is 41.6 Å². The summed E-state index contributed by atoms with van der Waals surface area (Å²) in [6.45, 7) is 4.66. The summed E-state index contributed by atoms with van der Waals surface area (Å²) in [6, 6.07) is 31.8. The minimum Gasteiger partial charge on any atom is -0.418 e. The summed E-state index contributed by atoms with van der Waals surface area (Å²) in [4.78, 5) is 10.0. The first kappa shape index (κ1) is 25.6. The molecule has 6 rings (SSSR count). The second kappa shape index (κ2) is 10.8. The van der Waals surface area contributed by atoms with Gasteiger partial charge in [-0.1, -0.05) is 84.4 Å². The van der Waals surface area contributed by atoms with Crippen molar-refractivity contribution in [3.63, 3.8) is 0 Å². The predicted octanol–water partition coefficient (Wildman–Crippen LogP) is 6.46. The lowest BCUT2D eigenvalue weighted by Gasteiger charge is -2.39. The SMILES string of the molecule is Cc1ccc(S(=O)(=O)c2nc(-c3cccs3)oc2N2CCN(C(c3ccccc3)c3ccccc3)CC2)cc1. The first-order valence-corrected chi connectivity index (χ1v) is 15.3. The Morgan fingerprint density at radius 3 is 1.97 bits per heavy atom. The van der Waals surface area contributed by atoms with E-state index in [0.29, 0.717) is 24.9 Å². The Morgan fingerprint density at radius 1 is 0.795 bits per heavy atom. The molecule has 3 heterocycles. The monoisotopic (exact) mass is 555 g/mol. The summed E-state index contributed by atoms with van der Waals surface area (Å²) < 4.78 is 33.8. The van der Waals surface area contributed by atoms with Crippen molar-refractivity contribution < 1.29 is 12.8 Å². The number of hydrogen-bond acceptors (Lipinski definition) is 7. The van der Waals surface area contributed by atoms with E-state index in [-0.39, 0.29) is 16.0 Å². The Bertz CT molecular complexity index is 1590. The fourth-order valence-electron chi connectivity index (χ4n) is 5.08. The highest BCUT2D eigenvalue weighted by molar-refractivity contribution is 7.91. The minimum absolute atomic E-state index is 0.0223. The van der Waals surface area contributed by atoms with Crippen LogP contribution in [0.4, 0.5) is 5.88 Å². The van der Waals surface area contributed by atoms with Gasteiger partial charge in [0.1, 0.15) is 0 Å². The third-order valence-corrected chi connectivity index (χ3v) is 9.62. The van der Waals surface area contributed by atoms with Crippen LogP contribution in [0.3, 0.4) is 0 Å². The van der Waals surface area contributed by atoms with E-state index >= 15 is 0 Å². The average Bonchev–Trinajstić information content (AvgIpc) is 3.66. The topological polar surface area (TPSA) is 66.7 Å². The van der Waals surface area contributed by atoms with Crippen LogP contribution in [0.25, 0.3) is 10.8 Å². The lowest BCUT2D eigenvalue weighted by Crippen LogP contribution is -2.48. The van der Waals surface area contributed by atoms with Crippen LogP contribution in [0.2, 0.25) is 0 Å². The number of sulfone groups is 1. The van der Waals surface area contributed by atoms with Gasteiger partial charge in [-0.3, -0.25) is 4.90 Å². The highest BCUT2D eigenvalue weighted by Gasteiger charge is 2.34. The Morgan fingerprint density at radius 2 is 1.41 bits per heavy atom. The maximum absolute atomic E-state index is 13.8. The molecule has 198 valence electrons. The lowest BCUT2D eigenvalue weighted by molar-refractivity contribution is 0.209. The molecular weight excluding hydrogens is 526 g/mol. The second-order valence-electron chi connectivity index (χ2n) is 9.67. The minimum atomic E-state index is -3.88. The van der Waals surface area contributed by atoms with E-state index in [1.807, 2.05) is 41.5 Å². The highest BCUT2D eigenvalue weighted by atomic mass is 32.2. The van der Waals surface area contributed by atoms with Crippen molar-refractivity contribution >= 4 is 27.1 Å². The molecule has 0 amide bonds. The molecule has 3 aromatic carbocycles. The lowest BCUT2D eigenvalue weighted by atomic mass is 9.96. The van der Waals surface area contributed by atoms with Gasteiger partial charge in [0.05, 0.1) is 15.8 Å². The molecule has 0 bridgehead atoms. The molecule has 8 heteroatoms. The Balaban J connectivity index is 1.32. The molecule has 1 fully saturated rings. The van der Waals surface area contributed by atoms with Crippen LogP contribution in [0, 0.1) is 6.92 Å². The molecule has 5 aromatic rings. The smallest absolute Gasteiger partial charge is 0.240 e. The number of aromatic nitrogens is 1. The van der Waals surface area contributed by atoms with Crippen molar-refractivity contribution in [2.75, 3.05) is 31.1 Å². The van der Waals surface area contributed by atoms with Gasteiger partial charge < -0.3 is 9.32 Å². The van der Waals surface area contributed by atoms with Gasteiger partial charge >= 0.3 is 0 Å². The predicted molar refractivity (Wildman–Crippen MR) is 155 cm³/mol. The number of nitrogens with zero attached hydrogens (tertiary/aromatic N) is 3. The largest absolute Gasteiger partial charge is 0.418 e. The van der Waals surface area contributed by atoms with Gasteiger partial charge in [-0.15, -0.1) is 11.3 Å². The first-order chi connectivity index (χ1) is 19.0. The van der Waals surface area contributed by atoms with Crippen LogP contribution in [0.1, 0.15) is 22.7 Å². The summed E-state index contributed by atoms with van der Waals surface area (Å²) in [5, 5.41) is 1.91.